The number of hydrogen-bond acceptors (Lipinski definition) is 2. The zero-order valence-corrected chi connectivity index (χ0v) is 15.3. The first kappa shape index (κ1) is 16.7. The average molecular weight is 387 g/mol. The molecule has 124 valence electrons. The summed E-state index contributed by atoms with van der Waals surface area (Å²) >= 11 is 3.37. The molecule has 1 heterocycles. The third-order valence-corrected chi connectivity index (χ3v) is 5.12. The molecule has 1 N–H and O–H groups in total. The van der Waals surface area contributed by atoms with E-state index < -0.39 is 6.04 Å². The van der Waals surface area contributed by atoms with Crippen molar-refractivity contribution in [2.24, 2.45) is 0 Å². The topological polar surface area (TPSA) is 49.4 Å². The molecule has 0 bridgehead atoms. The predicted octanol–water partition coefficient (Wildman–Crippen LogP) is 3.60. The van der Waals surface area contributed by atoms with E-state index >= 15 is 0 Å². The minimum atomic E-state index is -0.480. The average Bonchev–Trinajstić information content (AvgIpc) is 2.91. The van der Waals surface area contributed by atoms with Crippen LogP contribution in [0.15, 0.2) is 46.9 Å². The van der Waals surface area contributed by atoms with Crippen LogP contribution in [0.4, 0.5) is 5.69 Å². The van der Waals surface area contributed by atoms with Gasteiger partial charge in [0.25, 0.3) is 5.91 Å². The number of amides is 2. The molecule has 1 unspecified atom stereocenters. The van der Waals surface area contributed by atoms with E-state index in [-0.39, 0.29) is 11.8 Å². The highest BCUT2D eigenvalue weighted by Gasteiger charge is 2.34. The number of hydrogen-bond donors (Lipinski definition) is 1. The third kappa shape index (κ3) is 3.22. The monoisotopic (exact) mass is 386 g/mol. The number of carbonyl (C=O) groups is 2. The SMILES string of the molecule is Cc1ccc(N2CCC(NC(=O)c3ccccc3Br)C2=O)cc1C. The van der Waals surface area contributed by atoms with E-state index in [1.165, 1.54) is 5.56 Å². The van der Waals surface area contributed by atoms with Crippen molar-refractivity contribution in [1.29, 1.82) is 0 Å². The quantitative estimate of drug-likeness (QED) is 0.875. The van der Waals surface area contributed by atoms with Gasteiger partial charge in [0.05, 0.1) is 5.56 Å². The standard InChI is InChI=1S/C19H19BrN2O2/c1-12-7-8-14(11-13(12)2)22-10-9-17(19(22)24)21-18(23)15-5-3-4-6-16(15)20/h3-8,11,17H,9-10H2,1-2H3,(H,21,23). The molecule has 0 radical (unpaired) electrons. The maximum atomic E-state index is 12.7. The minimum Gasteiger partial charge on any atom is -0.340 e. The Morgan fingerprint density at radius 2 is 1.92 bits per heavy atom. The first-order valence-electron chi connectivity index (χ1n) is 7.91. The van der Waals surface area contributed by atoms with Crippen molar-refractivity contribution in [3.63, 3.8) is 0 Å². The van der Waals surface area contributed by atoms with Crippen LogP contribution in [0.5, 0.6) is 0 Å². The summed E-state index contributed by atoms with van der Waals surface area (Å²) in [7, 11) is 0. The van der Waals surface area contributed by atoms with Gasteiger partial charge in [0.2, 0.25) is 5.91 Å². The van der Waals surface area contributed by atoms with Crippen LogP contribution in [0, 0.1) is 13.8 Å². The Hall–Kier alpha value is -2.14. The number of carbonyl (C=O) groups excluding carboxylic acids is 2. The molecule has 0 aromatic heterocycles. The molecule has 0 saturated carbocycles. The van der Waals surface area contributed by atoms with Crippen molar-refractivity contribution >= 4 is 33.4 Å². The van der Waals surface area contributed by atoms with E-state index in [4.69, 9.17) is 0 Å². The molecule has 4 nitrogen and oxygen atoms in total. The van der Waals surface area contributed by atoms with Gasteiger partial charge in [0.15, 0.2) is 0 Å². The summed E-state index contributed by atoms with van der Waals surface area (Å²) in [6, 6.07) is 12.7. The van der Waals surface area contributed by atoms with Gasteiger partial charge in [-0.25, -0.2) is 0 Å². The van der Waals surface area contributed by atoms with Gasteiger partial charge >= 0.3 is 0 Å². The van der Waals surface area contributed by atoms with Crippen LogP contribution in [0.1, 0.15) is 27.9 Å². The Balaban J connectivity index is 1.73. The number of aryl methyl sites for hydroxylation is 2. The molecular weight excluding hydrogens is 368 g/mol. The first-order valence-corrected chi connectivity index (χ1v) is 8.70. The Bertz CT molecular complexity index is 804. The highest BCUT2D eigenvalue weighted by Crippen LogP contribution is 2.24. The Kier molecular flexibility index (Phi) is 4.71. The maximum absolute atomic E-state index is 12.7. The number of benzene rings is 2. The molecule has 1 fully saturated rings. The zero-order chi connectivity index (χ0) is 17.3. The fourth-order valence-corrected chi connectivity index (χ4v) is 3.31. The largest absolute Gasteiger partial charge is 0.340 e. The molecule has 3 rings (SSSR count). The van der Waals surface area contributed by atoms with Crippen LogP contribution >= 0.6 is 15.9 Å². The van der Waals surface area contributed by atoms with E-state index in [1.54, 1.807) is 17.0 Å². The van der Waals surface area contributed by atoms with Crippen LogP contribution < -0.4 is 10.2 Å². The summed E-state index contributed by atoms with van der Waals surface area (Å²) in [4.78, 5) is 26.8. The van der Waals surface area contributed by atoms with E-state index in [9.17, 15) is 9.59 Å². The van der Waals surface area contributed by atoms with Crippen LogP contribution in [0.3, 0.4) is 0 Å². The van der Waals surface area contributed by atoms with Crippen molar-refractivity contribution in [2.75, 3.05) is 11.4 Å². The van der Waals surface area contributed by atoms with Gasteiger partial charge in [0.1, 0.15) is 6.04 Å². The lowest BCUT2D eigenvalue weighted by Crippen LogP contribution is -2.41. The second-order valence-electron chi connectivity index (χ2n) is 6.05. The lowest BCUT2D eigenvalue weighted by atomic mass is 10.1. The van der Waals surface area contributed by atoms with Gasteiger partial charge in [-0.3, -0.25) is 9.59 Å². The van der Waals surface area contributed by atoms with Gasteiger partial charge in [-0.15, -0.1) is 0 Å². The summed E-state index contributed by atoms with van der Waals surface area (Å²) in [6.45, 7) is 4.69. The molecule has 0 aliphatic carbocycles. The normalized spacial score (nSPS) is 17.2. The van der Waals surface area contributed by atoms with Crippen LogP contribution in [-0.2, 0) is 4.79 Å². The van der Waals surface area contributed by atoms with Crippen LogP contribution in [-0.4, -0.2) is 24.4 Å². The van der Waals surface area contributed by atoms with Crippen molar-refractivity contribution in [3.8, 4) is 0 Å². The molecular formula is C19H19BrN2O2. The van der Waals surface area contributed by atoms with Crippen molar-refractivity contribution < 1.29 is 9.59 Å². The van der Waals surface area contributed by atoms with Gasteiger partial charge in [0, 0.05) is 16.7 Å². The highest BCUT2D eigenvalue weighted by atomic mass is 79.9. The fraction of sp³-hybridized carbons (Fsp3) is 0.263. The Labute approximate surface area is 150 Å². The lowest BCUT2D eigenvalue weighted by Gasteiger charge is -2.18. The highest BCUT2D eigenvalue weighted by molar-refractivity contribution is 9.10. The maximum Gasteiger partial charge on any atom is 0.253 e. The predicted molar refractivity (Wildman–Crippen MR) is 98.3 cm³/mol. The molecule has 5 heteroatoms. The summed E-state index contributed by atoms with van der Waals surface area (Å²) in [5, 5.41) is 2.85. The number of nitrogens with one attached hydrogen (secondary N) is 1. The summed E-state index contributed by atoms with van der Waals surface area (Å²) in [5.41, 5.74) is 3.78. The number of anilines is 1. The van der Waals surface area contributed by atoms with Crippen LogP contribution in [0.25, 0.3) is 0 Å². The molecule has 1 atom stereocenters. The van der Waals surface area contributed by atoms with E-state index in [2.05, 4.69) is 21.2 Å². The first-order chi connectivity index (χ1) is 11.5. The molecule has 2 aromatic rings. The van der Waals surface area contributed by atoms with Crippen molar-refractivity contribution in [3.05, 3.63) is 63.6 Å². The van der Waals surface area contributed by atoms with Gasteiger partial charge in [-0.05, 0) is 71.6 Å². The van der Waals surface area contributed by atoms with E-state index in [0.717, 1.165) is 15.7 Å². The third-order valence-electron chi connectivity index (χ3n) is 4.43. The van der Waals surface area contributed by atoms with Gasteiger partial charge in [-0.2, -0.15) is 0 Å². The van der Waals surface area contributed by atoms with Crippen molar-refractivity contribution in [2.45, 2.75) is 26.3 Å². The molecule has 1 aliphatic heterocycles. The van der Waals surface area contributed by atoms with Gasteiger partial charge in [-0.1, -0.05) is 18.2 Å². The van der Waals surface area contributed by atoms with Crippen LogP contribution in [0.2, 0.25) is 0 Å². The zero-order valence-electron chi connectivity index (χ0n) is 13.7. The molecule has 24 heavy (non-hydrogen) atoms. The van der Waals surface area contributed by atoms with E-state index in [1.807, 2.05) is 44.2 Å². The molecule has 1 aliphatic rings. The van der Waals surface area contributed by atoms with E-state index in [0.29, 0.717) is 18.5 Å². The molecule has 0 spiro atoms. The second-order valence-corrected chi connectivity index (χ2v) is 6.91. The molecule has 2 aromatic carbocycles. The minimum absolute atomic E-state index is 0.0568. The summed E-state index contributed by atoms with van der Waals surface area (Å²) < 4.78 is 0.721. The Morgan fingerprint density at radius 3 is 2.62 bits per heavy atom. The lowest BCUT2D eigenvalue weighted by molar-refractivity contribution is -0.118. The molecule has 2 amide bonds. The fourth-order valence-electron chi connectivity index (χ4n) is 2.85. The van der Waals surface area contributed by atoms with Gasteiger partial charge < -0.3 is 10.2 Å². The number of rotatable bonds is 3. The summed E-state index contributed by atoms with van der Waals surface area (Å²) in [6.07, 6.45) is 0.613. The number of nitrogens with zero attached hydrogens (tertiary/aromatic N) is 1. The Morgan fingerprint density at radius 1 is 1.17 bits per heavy atom. The molecule has 1 saturated heterocycles. The summed E-state index contributed by atoms with van der Waals surface area (Å²) in [5.74, 6) is -0.290. The number of halogens is 1. The smallest absolute Gasteiger partial charge is 0.253 e. The second kappa shape index (κ2) is 6.77. The van der Waals surface area contributed by atoms with Crippen molar-refractivity contribution in [1.82, 2.24) is 5.32 Å².